The Morgan fingerprint density at radius 1 is 1.11 bits per heavy atom. The summed E-state index contributed by atoms with van der Waals surface area (Å²) in [5, 5.41) is 11.3. The standard InChI is InChI=1S/C25H27N7O3/c1-15(33)32-13-16(14-32)12-26-25(34)17-2-4-20-19(10-17)23(30-29-20)24-27-21-5-3-18(11-22(21)28-24)31-6-8-35-9-7-31/h2-5,10-11,16H,6-9,12-14H2,1H3,(H,26,34)(H,27,28)(H,29,30). The highest BCUT2D eigenvalue weighted by Gasteiger charge is 2.28. The summed E-state index contributed by atoms with van der Waals surface area (Å²) < 4.78 is 5.46. The second kappa shape index (κ2) is 8.70. The average Bonchev–Trinajstić information content (AvgIpc) is 3.46. The number of anilines is 1. The first-order chi connectivity index (χ1) is 17.0. The lowest BCUT2D eigenvalue weighted by atomic mass is 10.00. The van der Waals surface area contributed by atoms with E-state index in [1.807, 2.05) is 18.2 Å². The molecular formula is C25H27N7O3. The molecule has 2 saturated heterocycles. The molecule has 0 unspecified atom stereocenters. The van der Waals surface area contributed by atoms with E-state index in [1.165, 1.54) is 0 Å². The van der Waals surface area contributed by atoms with Gasteiger partial charge in [0.25, 0.3) is 5.91 Å². The van der Waals surface area contributed by atoms with Crippen LogP contribution in [0.15, 0.2) is 36.4 Å². The third-order valence-corrected chi connectivity index (χ3v) is 6.84. The van der Waals surface area contributed by atoms with Gasteiger partial charge in [0.2, 0.25) is 5.91 Å². The molecule has 6 rings (SSSR count). The molecule has 2 aromatic heterocycles. The highest BCUT2D eigenvalue weighted by molar-refractivity contribution is 6.01. The van der Waals surface area contributed by atoms with E-state index in [4.69, 9.17) is 9.72 Å². The molecule has 4 aromatic rings. The van der Waals surface area contributed by atoms with Crippen LogP contribution >= 0.6 is 0 Å². The van der Waals surface area contributed by atoms with Gasteiger partial charge in [0.05, 0.1) is 29.8 Å². The number of fused-ring (bicyclic) bond motifs is 2. The van der Waals surface area contributed by atoms with E-state index in [-0.39, 0.29) is 11.8 Å². The lowest BCUT2D eigenvalue weighted by Crippen LogP contribution is -2.53. The van der Waals surface area contributed by atoms with Gasteiger partial charge >= 0.3 is 0 Å². The fourth-order valence-corrected chi connectivity index (χ4v) is 4.76. The van der Waals surface area contributed by atoms with Crippen molar-refractivity contribution in [3.05, 3.63) is 42.0 Å². The molecule has 0 radical (unpaired) electrons. The van der Waals surface area contributed by atoms with Crippen molar-refractivity contribution >= 4 is 39.4 Å². The number of hydrogen-bond acceptors (Lipinski definition) is 6. The number of nitrogens with zero attached hydrogens (tertiary/aromatic N) is 4. The van der Waals surface area contributed by atoms with E-state index in [0.29, 0.717) is 42.6 Å². The molecule has 2 aliphatic rings. The number of benzene rings is 2. The van der Waals surface area contributed by atoms with Crippen LogP contribution in [0.1, 0.15) is 17.3 Å². The molecule has 2 fully saturated rings. The predicted octanol–water partition coefficient (Wildman–Crippen LogP) is 2.15. The second-order valence-electron chi connectivity index (χ2n) is 9.22. The van der Waals surface area contributed by atoms with Crippen LogP contribution in [0, 0.1) is 5.92 Å². The lowest BCUT2D eigenvalue weighted by molar-refractivity contribution is -0.134. The summed E-state index contributed by atoms with van der Waals surface area (Å²) in [5.41, 5.74) is 5.02. The van der Waals surface area contributed by atoms with Gasteiger partial charge in [-0.05, 0) is 36.4 Å². The predicted molar refractivity (Wildman–Crippen MR) is 132 cm³/mol. The van der Waals surface area contributed by atoms with Crippen LogP contribution in [-0.2, 0) is 9.53 Å². The minimum atomic E-state index is -0.139. The SMILES string of the molecule is CC(=O)N1CC(CNC(=O)c2ccc3[nH]nc(-c4nc5ccc(N6CCOCC6)cc5[nH]4)c3c2)C1. The maximum Gasteiger partial charge on any atom is 0.251 e. The maximum absolute atomic E-state index is 12.8. The molecule has 2 amide bonds. The summed E-state index contributed by atoms with van der Waals surface area (Å²) in [6.45, 7) is 6.72. The summed E-state index contributed by atoms with van der Waals surface area (Å²) in [5.74, 6) is 0.893. The number of nitrogens with one attached hydrogen (secondary N) is 3. The molecule has 0 bridgehead atoms. The van der Waals surface area contributed by atoms with E-state index >= 15 is 0 Å². The number of carbonyl (C=O) groups excluding carboxylic acids is 2. The maximum atomic E-state index is 12.8. The fourth-order valence-electron chi connectivity index (χ4n) is 4.76. The van der Waals surface area contributed by atoms with Crippen molar-refractivity contribution in [1.82, 2.24) is 30.4 Å². The van der Waals surface area contributed by atoms with E-state index in [2.05, 4.69) is 37.5 Å². The first kappa shape index (κ1) is 21.6. The molecular weight excluding hydrogens is 446 g/mol. The highest BCUT2D eigenvalue weighted by Crippen LogP contribution is 2.29. The smallest absolute Gasteiger partial charge is 0.251 e. The summed E-state index contributed by atoms with van der Waals surface area (Å²) >= 11 is 0. The minimum Gasteiger partial charge on any atom is -0.378 e. The largest absolute Gasteiger partial charge is 0.378 e. The van der Waals surface area contributed by atoms with Gasteiger partial charge in [0, 0.05) is 62.2 Å². The normalized spacial score (nSPS) is 16.6. The first-order valence-electron chi connectivity index (χ1n) is 11.9. The van der Waals surface area contributed by atoms with Crippen molar-refractivity contribution in [2.75, 3.05) is 50.8 Å². The Morgan fingerprint density at radius 3 is 2.74 bits per heavy atom. The van der Waals surface area contributed by atoms with E-state index in [0.717, 1.165) is 53.9 Å². The minimum absolute atomic E-state index is 0.0772. The molecule has 35 heavy (non-hydrogen) atoms. The molecule has 0 spiro atoms. The third kappa shape index (κ3) is 4.10. The summed E-state index contributed by atoms with van der Waals surface area (Å²) in [6.07, 6.45) is 0. The number of imidazole rings is 1. The Bertz CT molecular complexity index is 1410. The Labute approximate surface area is 201 Å². The van der Waals surface area contributed by atoms with Gasteiger partial charge in [0.1, 0.15) is 5.69 Å². The van der Waals surface area contributed by atoms with Gasteiger partial charge in [-0.2, -0.15) is 5.10 Å². The van der Waals surface area contributed by atoms with E-state index < -0.39 is 0 Å². The first-order valence-corrected chi connectivity index (χ1v) is 11.9. The molecule has 0 atom stereocenters. The molecule has 10 nitrogen and oxygen atoms in total. The molecule has 0 aliphatic carbocycles. The fraction of sp³-hybridized carbons (Fsp3) is 0.360. The lowest BCUT2D eigenvalue weighted by Gasteiger charge is -2.38. The molecule has 180 valence electrons. The summed E-state index contributed by atoms with van der Waals surface area (Å²) in [6, 6.07) is 11.7. The monoisotopic (exact) mass is 473 g/mol. The molecule has 0 saturated carbocycles. The molecule has 2 aromatic carbocycles. The van der Waals surface area contributed by atoms with Crippen LogP contribution in [0.25, 0.3) is 33.5 Å². The average molecular weight is 474 g/mol. The second-order valence-corrected chi connectivity index (χ2v) is 9.22. The van der Waals surface area contributed by atoms with Crippen molar-refractivity contribution in [2.24, 2.45) is 5.92 Å². The van der Waals surface area contributed by atoms with E-state index in [9.17, 15) is 9.59 Å². The Kier molecular flexibility index (Phi) is 5.37. The topological polar surface area (TPSA) is 119 Å². The summed E-state index contributed by atoms with van der Waals surface area (Å²) in [4.78, 5) is 36.4. The molecule has 2 aliphatic heterocycles. The zero-order valence-electron chi connectivity index (χ0n) is 19.5. The number of ether oxygens (including phenoxy) is 1. The van der Waals surface area contributed by atoms with Gasteiger partial charge in [0.15, 0.2) is 5.82 Å². The quantitative estimate of drug-likeness (QED) is 0.409. The number of rotatable bonds is 5. The zero-order valence-corrected chi connectivity index (χ0v) is 19.5. The van der Waals surface area contributed by atoms with Crippen LogP contribution < -0.4 is 10.2 Å². The van der Waals surface area contributed by atoms with Gasteiger partial charge in [-0.15, -0.1) is 0 Å². The number of amides is 2. The van der Waals surface area contributed by atoms with Crippen molar-refractivity contribution < 1.29 is 14.3 Å². The summed E-state index contributed by atoms with van der Waals surface area (Å²) in [7, 11) is 0. The van der Waals surface area contributed by atoms with Crippen LogP contribution in [0.4, 0.5) is 5.69 Å². The zero-order chi connectivity index (χ0) is 23.9. The van der Waals surface area contributed by atoms with Gasteiger partial charge in [-0.25, -0.2) is 4.98 Å². The highest BCUT2D eigenvalue weighted by atomic mass is 16.5. The van der Waals surface area contributed by atoms with Crippen LogP contribution in [0.5, 0.6) is 0 Å². The number of carbonyl (C=O) groups is 2. The Balaban J connectivity index is 1.22. The Morgan fingerprint density at radius 2 is 1.94 bits per heavy atom. The number of hydrogen-bond donors (Lipinski definition) is 3. The van der Waals surface area contributed by atoms with Crippen LogP contribution in [-0.4, -0.2) is 82.8 Å². The number of aromatic nitrogens is 4. The molecule has 4 heterocycles. The van der Waals surface area contributed by atoms with Crippen molar-refractivity contribution in [2.45, 2.75) is 6.92 Å². The van der Waals surface area contributed by atoms with Crippen molar-refractivity contribution in [3.8, 4) is 11.5 Å². The van der Waals surface area contributed by atoms with E-state index in [1.54, 1.807) is 17.9 Å². The molecule has 10 heteroatoms. The Hall–Kier alpha value is -3.92. The van der Waals surface area contributed by atoms with Gasteiger partial charge < -0.3 is 24.8 Å². The van der Waals surface area contributed by atoms with Crippen molar-refractivity contribution in [1.29, 1.82) is 0 Å². The number of likely N-dealkylation sites (tertiary alicyclic amines) is 1. The van der Waals surface area contributed by atoms with Crippen LogP contribution in [0.2, 0.25) is 0 Å². The number of aromatic amines is 2. The van der Waals surface area contributed by atoms with Crippen LogP contribution in [0.3, 0.4) is 0 Å². The van der Waals surface area contributed by atoms with Gasteiger partial charge in [-0.3, -0.25) is 14.7 Å². The number of H-pyrrole nitrogens is 2. The van der Waals surface area contributed by atoms with Gasteiger partial charge in [-0.1, -0.05) is 0 Å². The third-order valence-electron chi connectivity index (χ3n) is 6.84. The number of morpholine rings is 1. The molecule has 3 N–H and O–H groups in total. The van der Waals surface area contributed by atoms with Crippen molar-refractivity contribution in [3.63, 3.8) is 0 Å².